The number of carboxylic acid groups (broad SMARTS) is 1. The third-order valence-electron chi connectivity index (χ3n) is 4.53. The largest absolute Gasteiger partial charge is 0.480 e. The van der Waals surface area contributed by atoms with Crippen LogP contribution < -0.4 is 5.32 Å². The van der Waals surface area contributed by atoms with Crippen LogP contribution in [0.15, 0.2) is 0 Å². The maximum absolute atomic E-state index is 12.2. The van der Waals surface area contributed by atoms with E-state index in [9.17, 15) is 14.7 Å². The molecule has 19 heavy (non-hydrogen) atoms. The lowest BCUT2D eigenvalue weighted by Gasteiger charge is -2.44. The molecule has 108 valence electrons. The molecule has 5 nitrogen and oxygen atoms in total. The quantitative estimate of drug-likeness (QED) is 0.823. The van der Waals surface area contributed by atoms with Gasteiger partial charge in [-0.05, 0) is 37.0 Å². The average molecular weight is 268 g/mol. The average Bonchev–Trinajstić information content (AvgIpc) is 2.24. The van der Waals surface area contributed by atoms with E-state index in [1.165, 1.54) is 24.2 Å². The highest BCUT2D eigenvalue weighted by Gasteiger charge is 2.44. The predicted octanol–water partition coefficient (Wildman–Crippen LogP) is 2.07. The van der Waals surface area contributed by atoms with Gasteiger partial charge in [0.15, 0.2) is 0 Å². The lowest BCUT2D eigenvalue weighted by atomic mass is 9.76. The zero-order valence-electron chi connectivity index (χ0n) is 11.8. The fraction of sp³-hybridized carbons (Fsp3) is 0.857. The minimum atomic E-state index is -0.900. The number of hydrogen-bond donors (Lipinski definition) is 2. The Kier molecular flexibility index (Phi) is 4.02. The lowest BCUT2D eigenvalue weighted by Crippen LogP contribution is -2.59. The fourth-order valence-electron chi connectivity index (χ4n) is 3.11. The van der Waals surface area contributed by atoms with E-state index in [4.69, 9.17) is 0 Å². The SMILES string of the molecule is CC1(C)CCCN(C(=O)NCC2CCC2)C1C(=O)O. The first-order valence-electron chi connectivity index (χ1n) is 7.19. The summed E-state index contributed by atoms with van der Waals surface area (Å²) in [7, 11) is 0. The van der Waals surface area contributed by atoms with Crippen molar-refractivity contribution in [3.63, 3.8) is 0 Å². The van der Waals surface area contributed by atoms with Gasteiger partial charge in [0.05, 0.1) is 0 Å². The van der Waals surface area contributed by atoms with Crippen LogP contribution in [0.25, 0.3) is 0 Å². The van der Waals surface area contributed by atoms with Gasteiger partial charge in [-0.1, -0.05) is 20.3 Å². The highest BCUT2D eigenvalue weighted by molar-refractivity contribution is 5.83. The van der Waals surface area contributed by atoms with Crippen molar-refractivity contribution < 1.29 is 14.7 Å². The molecule has 2 rings (SSSR count). The second-order valence-electron chi connectivity index (χ2n) is 6.51. The number of aliphatic carboxylic acids is 1. The molecule has 1 unspecified atom stereocenters. The molecule has 2 fully saturated rings. The Balaban J connectivity index is 1.98. The molecule has 0 aromatic carbocycles. The number of likely N-dealkylation sites (tertiary alicyclic amines) is 1. The lowest BCUT2D eigenvalue weighted by molar-refractivity contribution is -0.148. The Morgan fingerprint density at radius 2 is 2.00 bits per heavy atom. The molecule has 1 aliphatic carbocycles. The summed E-state index contributed by atoms with van der Waals surface area (Å²) in [6, 6.07) is -0.935. The molecule has 0 aromatic heterocycles. The molecule has 1 aliphatic heterocycles. The summed E-state index contributed by atoms with van der Waals surface area (Å²) >= 11 is 0. The van der Waals surface area contributed by atoms with Crippen molar-refractivity contribution in [2.24, 2.45) is 11.3 Å². The number of hydrogen-bond acceptors (Lipinski definition) is 2. The summed E-state index contributed by atoms with van der Waals surface area (Å²) in [5.41, 5.74) is -0.363. The number of piperidine rings is 1. The van der Waals surface area contributed by atoms with Gasteiger partial charge in [-0.2, -0.15) is 0 Å². The number of nitrogens with one attached hydrogen (secondary N) is 1. The van der Waals surface area contributed by atoms with Crippen LogP contribution in [0.2, 0.25) is 0 Å². The van der Waals surface area contributed by atoms with Gasteiger partial charge >= 0.3 is 12.0 Å². The van der Waals surface area contributed by atoms with Gasteiger partial charge in [-0.25, -0.2) is 9.59 Å². The molecular formula is C14H24N2O3. The van der Waals surface area contributed by atoms with Gasteiger partial charge in [0.25, 0.3) is 0 Å². The molecule has 2 N–H and O–H groups in total. The maximum Gasteiger partial charge on any atom is 0.327 e. The molecular weight excluding hydrogens is 244 g/mol. The van der Waals surface area contributed by atoms with E-state index in [1.54, 1.807) is 0 Å². The fourth-order valence-corrected chi connectivity index (χ4v) is 3.11. The normalized spacial score (nSPS) is 26.6. The van der Waals surface area contributed by atoms with Crippen molar-refractivity contribution >= 4 is 12.0 Å². The molecule has 0 aromatic rings. The minimum absolute atomic E-state index is 0.216. The molecule has 1 saturated heterocycles. The molecule has 1 heterocycles. The summed E-state index contributed by atoms with van der Waals surface area (Å²) < 4.78 is 0. The maximum atomic E-state index is 12.2. The predicted molar refractivity (Wildman–Crippen MR) is 71.9 cm³/mol. The van der Waals surface area contributed by atoms with Gasteiger partial charge in [-0.15, -0.1) is 0 Å². The second kappa shape index (κ2) is 5.39. The van der Waals surface area contributed by atoms with E-state index in [0.717, 1.165) is 12.8 Å². The Labute approximate surface area is 114 Å². The first-order valence-corrected chi connectivity index (χ1v) is 7.19. The van der Waals surface area contributed by atoms with Crippen molar-refractivity contribution in [2.45, 2.75) is 52.0 Å². The van der Waals surface area contributed by atoms with Crippen LogP contribution in [0.3, 0.4) is 0 Å². The molecule has 2 amide bonds. The first kappa shape index (κ1) is 14.2. The Morgan fingerprint density at radius 1 is 1.32 bits per heavy atom. The number of carboxylic acids is 1. The van der Waals surface area contributed by atoms with Gasteiger partial charge in [-0.3, -0.25) is 0 Å². The van der Waals surface area contributed by atoms with Crippen LogP contribution in [-0.4, -0.2) is 41.1 Å². The van der Waals surface area contributed by atoms with E-state index >= 15 is 0 Å². The van der Waals surface area contributed by atoms with Crippen molar-refractivity contribution in [1.82, 2.24) is 10.2 Å². The van der Waals surface area contributed by atoms with Gasteiger partial charge < -0.3 is 15.3 Å². The number of amides is 2. The molecule has 1 saturated carbocycles. The van der Waals surface area contributed by atoms with Gasteiger partial charge in [0.2, 0.25) is 0 Å². The topological polar surface area (TPSA) is 69.6 Å². The van der Waals surface area contributed by atoms with E-state index in [-0.39, 0.29) is 11.4 Å². The number of rotatable bonds is 3. The Bertz CT molecular complexity index is 364. The standard InChI is InChI=1S/C14H24N2O3/c1-14(2)7-4-8-16(11(14)12(17)18)13(19)15-9-10-5-3-6-10/h10-11H,3-9H2,1-2H3,(H,15,19)(H,17,18). The van der Waals surface area contributed by atoms with Crippen molar-refractivity contribution in [3.8, 4) is 0 Å². The second-order valence-corrected chi connectivity index (χ2v) is 6.51. The smallest absolute Gasteiger partial charge is 0.327 e. The van der Waals surface area contributed by atoms with Crippen LogP contribution >= 0.6 is 0 Å². The summed E-state index contributed by atoms with van der Waals surface area (Å²) in [5.74, 6) is -0.312. The third kappa shape index (κ3) is 3.01. The highest BCUT2D eigenvalue weighted by Crippen LogP contribution is 2.35. The third-order valence-corrected chi connectivity index (χ3v) is 4.53. The Hall–Kier alpha value is -1.26. The van der Waals surface area contributed by atoms with Crippen molar-refractivity contribution in [3.05, 3.63) is 0 Å². The Morgan fingerprint density at radius 3 is 2.53 bits per heavy atom. The van der Waals surface area contributed by atoms with Gasteiger partial charge in [0, 0.05) is 13.1 Å². The summed E-state index contributed by atoms with van der Waals surface area (Å²) in [4.78, 5) is 25.2. The van der Waals surface area contributed by atoms with E-state index in [2.05, 4.69) is 5.32 Å². The molecule has 0 bridgehead atoms. The van der Waals surface area contributed by atoms with E-state index in [0.29, 0.717) is 19.0 Å². The zero-order valence-corrected chi connectivity index (χ0v) is 11.8. The monoisotopic (exact) mass is 268 g/mol. The molecule has 1 atom stereocenters. The number of nitrogens with zero attached hydrogens (tertiary/aromatic N) is 1. The van der Waals surface area contributed by atoms with Crippen LogP contribution in [0.5, 0.6) is 0 Å². The number of carbonyl (C=O) groups excluding carboxylic acids is 1. The zero-order chi connectivity index (χ0) is 14.0. The molecule has 2 aliphatic rings. The van der Waals surface area contributed by atoms with Crippen LogP contribution in [-0.2, 0) is 4.79 Å². The summed E-state index contributed by atoms with van der Waals surface area (Å²) in [6.07, 6.45) is 5.31. The first-order chi connectivity index (χ1) is 8.92. The number of carbonyl (C=O) groups is 2. The highest BCUT2D eigenvalue weighted by atomic mass is 16.4. The summed E-state index contributed by atoms with van der Waals surface area (Å²) in [6.45, 7) is 5.08. The van der Waals surface area contributed by atoms with Crippen molar-refractivity contribution in [2.75, 3.05) is 13.1 Å². The van der Waals surface area contributed by atoms with E-state index in [1.807, 2.05) is 13.8 Å². The van der Waals surface area contributed by atoms with Gasteiger partial charge in [0.1, 0.15) is 6.04 Å². The van der Waals surface area contributed by atoms with Crippen molar-refractivity contribution in [1.29, 1.82) is 0 Å². The molecule has 5 heteroatoms. The number of urea groups is 1. The molecule has 0 spiro atoms. The minimum Gasteiger partial charge on any atom is -0.480 e. The summed E-state index contributed by atoms with van der Waals surface area (Å²) in [5, 5.41) is 12.3. The van der Waals surface area contributed by atoms with E-state index < -0.39 is 12.0 Å². The molecule has 0 radical (unpaired) electrons. The van der Waals surface area contributed by atoms with Crippen LogP contribution in [0.4, 0.5) is 4.79 Å². The van der Waals surface area contributed by atoms with Crippen LogP contribution in [0.1, 0.15) is 46.0 Å². The van der Waals surface area contributed by atoms with Crippen LogP contribution in [0, 0.1) is 11.3 Å².